The van der Waals surface area contributed by atoms with E-state index in [4.69, 9.17) is 5.11 Å². The minimum absolute atomic E-state index is 0.0737. The van der Waals surface area contributed by atoms with Crippen LogP contribution in [-0.2, 0) is 6.42 Å². The number of halogens is 2. The van der Waals surface area contributed by atoms with Gasteiger partial charge in [-0.2, -0.15) is 0 Å². The molecule has 1 aromatic heterocycles. The van der Waals surface area contributed by atoms with Gasteiger partial charge in [0.1, 0.15) is 5.82 Å². The van der Waals surface area contributed by atoms with Gasteiger partial charge in [0.25, 0.3) is 6.43 Å². The normalized spacial score (nSPS) is 10.7. The lowest BCUT2D eigenvalue weighted by molar-refractivity contribution is 0.0696. The van der Waals surface area contributed by atoms with E-state index in [1.165, 1.54) is 24.1 Å². The summed E-state index contributed by atoms with van der Waals surface area (Å²) in [7, 11) is 1.47. The van der Waals surface area contributed by atoms with Gasteiger partial charge in [0.2, 0.25) is 0 Å². The molecule has 6 heteroatoms. The zero-order chi connectivity index (χ0) is 13.7. The number of hydrogen-bond donors (Lipinski definition) is 1. The highest BCUT2D eigenvalue weighted by Crippen LogP contribution is 2.16. The van der Waals surface area contributed by atoms with Gasteiger partial charge in [0, 0.05) is 12.7 Å². The van der Waals surface area contributed by atoms with Crippen molar-refractivity contribution >= 4 is 11.8 Å². The Labute approximate surface area is 104 Å². The van der Waals surface area contributed by atoms with Crippen LogP contribution in [-0.4, -0.2) is 36.1 Å². The molecule has 0 fully saturated rings. The molecular weight excluding hydrogens is 242 g/mol. The van der Waals surface area contributed by atoms with E-state index in [-0.39, 0.29) is 11.4 Å². The predicted molar refractivity (Wildman–Crippen MR) is 64.5 cm³/mol. The average Bonchev–Trinajstić information content (AvgIpc) is 2.28. The number of carboxylic acids is 1. The van der Waals surface area contributed by atoms with Crippen LogP contribution in [0.1, 0.15) is 29.4 Å². The van der Waals surface area contributed by atoms with E-state index in [9.17, 15) is 13.6 Å². The van der Waals surface area contributed by atoms with Crippen molar-refractivity contribution in [2.45, 2.75) is 26.2 Å². The van der Waals surface area contributed by atoms with E-state index in [2.05, 4.69) is 4.98 Å². The molecule has 0 radical (unpaired) electrons. The average molecular weight is 258 g/mol. The summed E-state index contributed by atoms with van der Waals surface area (Å²) in [5.41, 5.74) is 0.679. The zero-order valence-electron chi connectivity index (χ0n) is 10.4. The molecule has 0 aliphatic rings. The number of aryl methyl sites for hydroxylation is 1. The maximum Gasteiger partial charge on any atom is 0.335 e. The molecule has 100 valence electrons. The number of hydrogen-bond acceptors (Lipinski definition) is 3. The van der Waals surface area contributed by atoms with Crippen LogP contribution in [0, 0.1) is 0 Å². The molecule has 0 atom stereocenters. The third-order valence-corrected chi connectivity index (χ3v) is 2.42. The number of carbonyl (C=O) groups is 1. The quantitative estimate of drug-likeness (QED) is 0.851. The SMILES string of the molecule is CCCc1cc(C(=O)O)cc(N(C)CC(F)F)n1. The lowest BCUT2D eigenvalue weighted by Gasteiger charge is -2.18. The van der Waals surface area contributed by atoms with Crippen LogP contribution in [0.15, 0.2) is 12.1 Å². The molecule has 0 aromatic carbocycles. The standard InChI is InChI=1S/C12H16F2N2O2/c1-3-4-9-5-8(12(17)18)6-11(15-9)16(2)7-10(13)14/h5-6,10H,3-4,7H2,1-2H3,(H,17,18). The number of nitrogens with zero attached hydrogens (tertiary/aromatic N) is 2. The van der Waals surface area contributed by atoms with Crippen LogP contribution in [0.2, 0.25) is 0 Å². The highest BCUT2D eigenvalue weighted by Gasteiger charge is 2.14. The summed E-state index contributed by atoms with van der Waals surface area (Å²) in [5, 5.41) is 8.97. The number of rotatable bonds is 6. The summed E-state index contributed by atoms with van der Waals surface area (Å²) in [5.74, 6) is -0.819. The van der Waals surface area contributed by atoms with Crippen LogP contribution < -0.4 is 4.90 Å². The molecule has 1 N–H and O–H groups in total. The largest absolute Gasteiger partial charge is 0.478 e. The first-order valence-electron chi connectivity index (χ1n) is 5.67. The molecule has 0 amide bonds. The highest BCUT2D eigenvalue weighted by atomic mass is 19.3. The van der Waals surface area contributed by atoms with Gasteiger partial charge in [-0.3, -0.25) is 0 Å². The van der Waals surface area contributed by atoms with Crippen LogP contribution in [0.4, 0.5) is 14.6 Å². The fourth-order valence-corrected chi connectivity index (χ4v) is 1.58. The lowest BCUT2D eigenvalue weighted by Crippen LogP contribution is -2.25. The highest BCUT2D eigenvalue weighted by molar-refractivity contribution is 5.88. The molecule has 0 saturated carbocycles. The Kier molecular flexibility index (Phi) is 5.00. The second-order valence-corrected chi connectivity index (χ2v) is 4.03. The lowest BCUT2D eigenvalue weighted by atomic mass is 10.1. The molecule has 0 spiro atoms. The van der Waals surface area contributed by atoms with Crippen molar-refractivity contribution in [2.24, 2.45) is 0 Å². The third kappa shape index (κ3) is 3.94. The molecule has 1 heterocycles. The van der Waals surface area contributed by atoms with E-state index in [1.54, 1.807) is 0 Å². The monoisotopic (exact) mass is 258 g/mol. The van der Waals surface area contributed by atoms with Crippen LogP contribution in [0.25, 0.3) is 0 Å². The maximum atomic E-state index is 12.3. The summed E-state index contributed by atoms with van der Waals surface area (Å²) in [6, 6.07) is 2.79. The van der Waals surface area contributed by atoms with E-state index in [0.29, 0.717) is 12.1 Å². The van der Waals surface area contributed by atoms with Crippen molar-refractivity contribution in [1.29, 1.82) is 0 Å². The number of aromatic nitrogens is 1. The first kappa shape index (κ1) is 14.3. The minimum atomic E-state index is -2.49. The van der Waals surface area contributed by atoms with Gasteiger partial charge >= 0.3 is 5.97 Å². The fraction of sp³-hybridized carbons (Fsp3) is 0.500. The Balaban J connectivity index is 3.05. The van der Waals surface area contributed by atoms with Gasteiger partial charge in [-0.1, -0.05) is 13.3 Å². The second kappa shape index (κ2) is 6.28. The van der Waals surface area contributed by atoms with E-state index in [0.717, 1.165) is 6.42 Å². The van der Waals surface area contributed by atoms with E-state index < -0.39 is 18.9 Å². The van der Waals surface area contributed by atoms with E-state index >= 15 is 0 Å². The number of carboxylic acid groups (broad SMARTS) is 1. The van der Waals surface area contributed by atoms with Crippen molar-refractivity contribution in [3.8, 4) is 0 Å². The van der Waals surface area contributed by atoms with Crippen molar-refractivity contribution in [3.63, 3.8) is 0 Å². The zero-order valence-corrected chi connectivity index (χ0v) is 10.4. The van der Waals surface area contributed by atoms with E-state index in [1.807, 2.05) is 6.92 Å². The molecule has 0 unspecified atom stereocenters. The first-order chi connectivity index (χ1) is 8.43. The first-order valence-corrected chi connectivity index (χ1v) is 5.67. The van der Waals surface area contributed by atoms with Crippen molar-refractivity contribution in [2.75, 3.05) is 18.5 Å². The van der Waals surface area contributed by atoms with Gasteiger partial charge in [0.05, 0.1) is 12.1 Å². The van der Waals surface area contributed by atoms with Crippen molar-refractivity contribution in [1.82, 2.24) is 4.98 Å². The van der Waals surface area contributed by atoms with Gasteiger partial charge in [0.15, 0.2) is 0 Å². The molecule has 0 aliphatic carbocycles. The maximum absolute atomic E-state index is 12.3. The Morgan fingerprint density at radius 1 is 1.50 bits per heavy atom. The number of anilines is 1. The molecule has 18 heavy (non-hydrogen) atoms. The summed E-state index contributed by atoms with van der Waals surface area (Å²) >= 11 is 0. The van der Waals surface area contributed by atoms with Gasteiger partial charge < -0.3 is 10.0 Å². The molecule has 4 nitrogen and oxygen atoms in total. The molecule has 0 bridgehead atoms. The summed E-state index contributed by atoms with van der Waals surface area (Å²) in [6.45, 7) is 1.47. The van der Waals surface area contributed by atoms with Gasteiger partial charge in [-0.05, 0) is 18.6 Å². The number of alkyl halides is 2. The molecule has 1 aromatic rings. The number of aromatic carboxylic acids is 1. The fourth-order valence-electron chi connectivity index (χ4n) is 1.58. The molecule has 0 saturated heterocycles. The summed E-state index contributed by atoms with van der Waals surface area (Å²) in [6.07, 6.45) is -1.05. The smallest absolute Gasteiger partial charge is 0.335 e. The van der Waals surface area contributed by atoms with Crippen molar-refractivity contribution < 1.29 is 18.7 Å². The van der Waals surface area contributed by atoms with Crippen LogP contribution in [0.5, 0.6) is 0 Å². The van der Waals surface area contributed by atoms with Crippen molar-refractivity contribution in [3.05, 3.63) is 23.4 Å². The topological polar surface area (TPSA) is 53.4 Å². The van der Waals surface area contributed by atoms with Gasteiger partial charge in [-0.15, -0.1) is 0 Å². The summed E-state index contributed by atoms with van der Waals surface area (Å²) in [4.78, 5) is 16.4. The minimum Gasteiger partial charge on any atom is -0.478 e. The molecular formula is C12H16F2N2O2. The number of pyridine rings is 1. The third-order valence-electron chi connectivity index (χ3n) is 2.42. The Bertz CT molecular complexity index is 425. The van der Waals surface area contributed by atoms with Crippen LogP contribution in [0.3, 0.4) is 0 Å². The Hall–Kier alpha value is -1.72. The van der Waals surface area contributed by atoms with Crippen LogP contribution >= 0.6 is 0 Å². The second-order valence-electron chi connectivity index (χ2n) is 4.03. The Morgan fingerprint density at radius 3 is 2.67 bits per heavy atom. The molecule has 1 rings (SSSR count). The predicted octanol–water partition coefficient (Wildman–Crippen LogP) is 2.43. The van der Waals surface area contributed by atoms with Gasteiger partial charge in [-0.25, -0.2) is 18.6 Å². The summed E-state index contributed by atoms with van der Waals surface area (Å²) < 4.78 is 24.6. The Morgan fingerprint density at radius 2 is 2.17 bits per heavy atom. The molecule has 0 aliphatic heterocycles.